The van der Waals surface area contributed by atoms with Gasteiger partial charge in [-0.05, 0) is 43.2 Å². The molecule has 27 heavy (non-hydrogen) atoms. The maximum Gasteiger partial charge on any atom is 0.264 e. The number of carbonyl (C=O) groups excluding carboxylic acids is 1. The molecule has 0 aliphatic rings. The Balaban J connectivity index is 2.33. The number of nitrogens with zero attached hydrogens (tertiary/aromatic N) is 1. The summed E-state index contributed by atoms with van der Waals surface area (Å²) in [4.78, 5) is 12.7. The van der Waals surface area contributed by atoms with Crippen molar-refractivity contribution in [3.63, 3.8) is 0 Å². The van der Waals surface area contributed by atoms with E-state index in [2.05, 4.69) is 5.32 Å². The standard InChI is InChI=1S/C20H27N3O3S/c1-4-20(5-2,15-21)22-19(24)16-10-9-13-18(14-16)27(25,26)23(3)17-11-7-6-8-12-17/h6-14H,4-5,15,21H2,1-3H3,(H,22,24). The number of anilines is 1. The van der Waals surface area contributed by atoms with Gasteiger partial charge in [-0.1, -0.05) is 38.1 Å². The highest BCUT2D eigenvalue weighted by atomic mass is 32.2. The van der Waals surface area contributed by atoms with Gasteiger partial charge in [0, 0.05) is 19.2 Å². The Kier molecular flexibility index (Phi) is 6.62. The van der Waals surface area contributed by atoms with Crippen molar-refractivity contribution in [1.29, 1.82) is 0 Å². The highest BCUT2D eigenvalue weighted by Crippen LogP contribution is 2.23. The molecule has 0 bridgehead atoms. The number of amides is 1. The third-order valence-corrected chi connectivity index (χ3v) is 6.78. The van der Waals surface area contributed by atoms with Gasteiger partial charge in [0.2, 0.25) is 0 Å². The Hall–Kier alpha value is -2.38. The first kappa shape index (κ1) is 20.9. The van der Waals surface area contributed by atoms with Crippen LogP contribution in [0.4, 0.5) is 5.69 Å². The van der Waals surface area contributed by atoms with Gasteiger partial charge in [0.1, 0.15) is 0 Å². The molecule has 0 spiro atoms. The molecule has 2 aromatic carbocycles. The monoisotopic (exact) mass is 389 g/mol. The van der Waals surface area contributed by atoms with Crippen molar-refractivity contribution in [2.24, 2.45) is 5.73 Å². The van der Waals surface area contributed by atoms with E-state index in [1.165, 1.54) is 23.5 Å². The van der Waals surface area contributed by atoms with E-state index in [0.717, 1.165) is 0 Å². The van der Waals surface area contributed by atoms with Crippen molar-refractivity contribution in [3.05, 3.63) is 60.2 Å². The first-order valence-corrected chi connectivity index (χ1v) is 10.4. The Labute approximate surface area is 161 Å². The zero-order chi connectivity index (χ0) is 20.1. The fourth-order valence-electron chi connectivity index (χ4n) is 2.81. The molecule has 146 valence electrons. The number of hydrogen-bond donors (Lipinski definition) is 2. The number of benzene rings is 2. The normalized spacial score (nSPS) is 11.9. The predicted molar refractivity (Wildman–Crippen MR) is 108 cm³/mol. The van der Waals surface area contributed by atoms with Crippen LogP contribution in [0.2, 0.25) is 0 Å². The maximum atomic E-state index is 12.9. The summed E-state index contributed by atoms with van der Waals surface area (Å²) in [6.45, 7) is 4.25. The average Bonchev–Trinajstić information content (AvgIpc) is 2.72. The van der Waals surface area contributed by atoms with Crippen LogP contribution in [-0.4, -0.2) is 33.5 Å². The van der Waals surface area contributed by atoms with Crippen molar-refractivity contribution in [2.45, 2.75) is 37.1 Å². The summed E-state index contributed by atoms with van der Waals surface area (Å²) < 4.78 is 27.1. The van der Waals surface area contributed by atoms with Crippen molar-refractivity contribution in [3.8, 4) is 0 Å². The molecule has 2 rings (SSSR count). The molecule has 0 heterocycles. The molecule has 1 amide bonds. The third kappa shape index (κ3) is 4.48. The molecule has 0 aliphatic heterocycles. The largest absolute Gasteiger partial charge is 0.345 e. The third-order valence-electron chi connectivity index (χ3n) is 5.00. The molecule has 0 atom stereocenters. The lowest BCUT2D eigenvalue weighted by Gasteiger charge is -2.31. The van der Waals surface area contributed by atoms with Crippen LogP contribution in [0, 0.1) is 0 Å². The summed E-state index contributed by atoms with van der Waals surface area (Å²) in [5.41, 5.74) is 6.18. The van der Waals surface area contributed by atoms with Crippen LogP contribution in [0.25, 0.3) is 0 Å². The first-order chi connectivity index (χ1) is 12.8. The van der Waals surface area contributed by atoms with Gasteiger partial charge in [-0.25, -0.2) is 8.42 Å². The minimum absolute atomic E-state index is 0.0628. The van der Waals surface area contributed by atoms with Crippen LogP contribution in [-0.2, 0) is 10.0 Å². The number of nitrogens with two attached hydrogens (primary N) is 1. The van der Waals surface area contributed by atoms with Gasteiger partial charge in [0.25, 0.3) is 15.9 Å². The number of rotatable bonds is 8. The van der Waals surface area contributed by atoms with Crippen molar-refractivity contribution < 1.29 is 13.2 Å². The van der Waals surface area contributed by atoms with Crippen LogP contribution in [0.1, 0.15) is 37.0 Å². The molecular formula is C20H27N3O3S. The van der Waals surface area contributed by atoms with Crippen LogP contribution in [0.15, 0.2) is 59.5 Å². The lowest BCUT2D eigenvalue weighted by molar-refractivity contribution is 0.0895. The predicted octanol–water partition coefficient (Wildman–Crippen LogP) is 2.76. The number of para-hydroxylation sites is 1. The lowest BCUT2D eigenvalue weighted by Crippen LogP contribution is -2.52. The summed E-state index contributed by atoms with van der Waals surface area (Å²) in [5.74, 6) is -0.330. The van der Waals surface area contributed by atoms with E-state index < -0.39 is 15.6 Å². The molecule has 7 heteroatoms. The molecule has 0 aliphatic carbocycles. The zero-order valence-corrected chi connectivity index (χ0v) is 16.8. The number of nitrogens with one attached hydrogen (secondary N) is 1. The molecular weight excluding hydrogens is 362 g/mol. The molecule has 0 saturated carbocycles. The smallest absolute Gasteiger partial charge is 0.264 e. The van der Waals surface area contributed by atoms with Crippen molar-refractivity contribution >= 4 is 21.6 Å². The number of sulfonamides is 1. The van der Waals surface area contributed by atoms with Crippen LogP contribution in [0.5, 0.6) is 0 Å². The van der Waals surface area contributed by atoms with Gasteiger partial charge in [0.05, 0.1) is 16.1 Å². The van der Waals surface area contributed by atoms with Gasteiger partial charge in [-0.3, -0.25) is 9.10 Å². The summed E-state index contributed by atoms with van der Waals surface area (Å²) in [6.07, 6.45) is 1.39. The second kappa shape index (κ2) is 8.54. The second-order valence-corrected chi connectivity index (χ2v) is 8.45. The fourth-order valence-corrected chi connectivity index (χ4v) is 4.05. The molecule has 0 radical (unpaired) electrons. The minimum atomic E-state index is -3.78. The van der Waals surface area contributed by atoms with E-state index in [-0.39, 0.29) is 16.4 Å². The van der Waals surface area contributed by atoms with E-state index in [4.69, 9.17) is 5.73 Å². The Morgan fingerprint density at radius 1 is 1.07 bits per heavy atom. The zero-order valence-electron chi connectivity index (χ0n) is 16.0. The Morgan fingerprint density at radius 2 is 1.70 bits per heavy atom. The van der Waals surface area contributed by atoms with Crippen LogP contribution >= 0.6 is 0 Å². The van der Waals surface area contributed by atoms with Crippen molar-refractivity contribution in [1.82, 2.24) is 5.32 Å². The minimum Gasteiger partial charge on any atom is -0.345 e. The van der Waals surface area contributed by atoms with E-state index in [0.29, 0.717) is 25.1 Å². The Bertz CT molecular complexity index is 870. The van der Waals surface area contributed by atoms with Gasteiger partial charge < -0.3 is 11.1 Å². The van der Waals surface area contributed by atoms with E-state index in [9.17, 15) is 13.2 Å². The molecule has 0 fully saturated rings. The Morgan fingerprint density at radius 3 is 2.26 bits per heavy atom. The quantitative estimate of drug-likeness (QED) is 0.726. The van der Waals surface area contributed by atoms with E-state index in [1.54, 1.807) is 36.4 Å². The molecule has 0 unspecified atom stereocenters. The van der Waals surface area contributed by atoms with Gasteiger partial charge in [0.15, 0.2) is 0 Å². The molecule has 2 aromatic rings. The van der Waals surface area contributed by atoms with Crippen molar-refractivity contribution in [2.75, 3.05) is 17.9 Å². The average molecular weight is 390 g/mol. The molecule has 0 saturated heterocycles. The topological polar surface area (TPSA) is 92.5 Å². The van der Waals surface area contributed by atoms with Crippen LogP contribution in [0.3, 0.4) is 0 Å². The van der Waals surface area contributed by atoms with E-state index in [1.807, 2.05) is 19.9 Å². The first-order valence-electron chi connectivity index (χ1n) is 8.96. The van der Waals surface area contributed by atoms with Gasteiger partial charge >= 0.3 is 0 Å². The highest BCUT2D eigenvalue weighted by molar-refractivity contribution is 7.92. The SMILES string of the molecule is CCC(CC)(CN)NC(=O)c1cccc(S(=O)(=O)N(C)c2ccccc2)c1. The number of carbonyl (C=O) groups is 1. The van der Waals surface area contributed by atoms with Crippen LogP contribution < -0.4 is 15.4 Å². The second-order valence-electron chi connectivity index (χ2n) is 6.48. The van der Waals surface area contributed by atoms with Gasteiger partial charge in [-0.15, -0.1) is 0 Å². The summed E-state index contributed by atoms with van der Waals surface area (Å²) in [6, 6.07) is 14.9. The summed E-state index contributed by atoms with van der Waals surface area (Å²) in [7, 11) is -2.29. The summed E-state index contributed by atoms with van der Waals surface area (Å²) >= 11 is 0. The highest BCUT2D eigenvalue weighted by Gasteiger charge is 2.28. The number of hydrogen-bond acceptors (Lipinski definition) is 4. The van der Waals surface area contributed by atoms with Gasteiger partial charge in [-0.2, -0.15) is 0 Å². The lowest BCUT2D eigenvalue weighted by atomic mass is 9.92. The summed E-state index contributed by atoms with van der Waals surface area (Å²) in [5, 5.41) is 2.96. The molecule has 6 nitrogen and oxygen atoms in total. The maximum absolute atomic E-state index is 12.9. The molecule has 0 aromatic heterocycles. The molecule has 3 N–H and O–H groups in total. The van der Waals surface area contributed by atoms with E-state index >= 15 is 0 Å². The fraction of sp³-hybridized carbons (Fsp3) is 0.350.